The van der Waals surface area contributed by atoms with Crippen LogP contribution in [0.2, 0.25) is 0 Å². The summed E-state index contributed by atoms with van der Waals surface area (Å²) in [5, 5.41) is 0. The molecule has 0 saturated carbocycles. The Morgan fingerprint density at radius 3 is 2.25 bits per heavy atom. The Labute approximate surface area is 185 Å². The maximum absolute atomic E-state index is 13.3. The topological polar surface area (TPSA) is 46.6 Å². The molecule has 0 amide bonds. The van der Waals surface area contributed by atoms with Crippen molar-refractivity contribution in [1.29, 1.82) is 0 Å². The number of nitrogens with zero attached hydrogens (tertiary/aromatic N) is 1. The average Bonchev–Trinajstić information content (AvgIpc) is 2.94. The smallest absolute Gasteiger partial charge is 0.416 e. The molecule has 1 atom stereocenters. The van der Waals surface area contributed by atoms with E-state index in [1.54, 1.807) is 24.3 Å². The second-order valence-corrected chi connectivity index (χ2v) is 9.69. The fourth-order valence-corrected chi connectivity index (χ4v) is 5.20. The monoisotopic (exact) mass is 461 g/mol. The van der Waals surface area contributed by atoms with Crippen LogP contribution in [0, 0.1) is 6.92 Å². The summed E-state index contributed by atoms with van der Waals surface area (Å²) in [6, 6.07) is 18.6. The summed E-state index contributed by atoms with van der Waals surface area (Å²) < 4.78 is 72.7. The quantitative estimate of drug-likeness (QED) is 0.524. The van der Waals surface area contributed by atoms with Gasteiger partial charge in [0.25, 0.3) is 0 Å². The number of aryl methyl sites for hydroxylation is 1. The van der Waals surface area contributed by atoms with Gasteiger partial charge < -0.3 is 4.74 Å². The number of alkyl halides is 3. The maximum atomic E-state index is 13.3. The predicted octanol–water partition coefficient (Wildman–Crippen LogP) is 5.38. The van der Waals surface area contributed by atoms with Crippen LogP contribution in [0.15, 0.2) is 77.7 Å². The summed E-state index contributed by atoms with van der Waals surface area (Å²) in [7, 11) is -3.77. The molecule has 0 N–H and O–H groups in total. The summed E-state index contributed by atoms with van der Waals surface area (Å²) in [6.07, 6.45) is -4.59. The van der Waals surface area contributed by atoms with E-state index in [0.717, 1.165) is 28.8 Å². The Balaban J connectivity index is 1.65. The Hall–Kier alpha value is -2.84. The highest BCUT2D eigenvalue weighted by Gasteiger charge is 2.33. The normalized spacial score (nSPS) is 17.4. The van der Waals surface area contributed by atoms with Gasteiger partial charge in [-0.05, 0) is 60.9 Å². The molecule has 3 aromatic rings. The Bertz CT molecular complexity index is 1190. The number of benzene rings is 3. The molecule has 0 fully saturated rings. The molecule has 0 spiro atoms. The average molecular weight is 462 g/mol. The fourth-order valence-electron chi connectivity index (χ4n) is 3.76. The van der Waals surface area contributed by atoms with Gasteiger partial charge in [-0.3, -0.25) is 0 Å². The van der Waals surface area contributed by atoms with Crippen LogP contribution in [0.3, 0.4) is 0 Å². The molecule has 1 heterocycles. The van der Waals surface area contributed by atoms with Crippen molar-refractivity contribution in [3.05, 3.63) is 95.1 Å². The Kier molecular flexibility index (Phi) is 6.01. The SMILES string of the molecule is Cc1ccc(S(=O)(=O)N2CCc3ccccc3C(Oc3ccc(C(F)(F)F)cc3)C2)cc1. The molecule has 0 aliphatic carbocycles. The first-order valence-corrected chi connectivity index (χ1v) is 11.6. The number of sulfonamides is 1. The lowest BCUT2D eigenvalue weighted by Gasteiger charge is -2.25. The van der Waals surface area contributed by atoms with E-state index in [2.05, 4.69) is 0 Å². The van der Waals surface area contributed by atoms with Gasteiger partial charge in [0, 0.05) is 6.54 Å². The molecule has 8 heteroatoms. The van der Waals surface area contributed by atoms with Crippen molar-refractivity contribution in [2.75, 3.05) is 13.1 Å². The second kappa shape index (κ2) is 8.60. The molecule has 4 rings (SSSR count). The molecular weight excluding hydrogens is 439 g/mol. The third kappa shape index (κ3) is 4.66. The van der Waals surface area contributed by atoms with Crippen LogP contribution in [0.25, 0.3) is 0 Å². The molecular formula is C24H22F3NO3S. The lowest BCUT2D eigenvalue weighted by Crippen LogP contribution is -2.36. The van der Waals surface area contributed by atoms with E-state index in [0.29, 0.717) is 6.42 Å². The minimum absolute atomic E-state index is 0.0498. The molecule has 1 aliphatic heterocycles. The molecule has 4 nitrogen and oxygen atoms in total. The highest BCUT2D eigenvalue weighted by Crippen LogP contribution is 2.34. The number of hydrogen-bond donors (Lipinski definition) is 0. The van der Waals surface area contributed by atoms with Crippen molar-refractivity contribution in [3.8, 4) is 5.75 Å². The maximum Gasteiger partial charge on any atom is 0.416 e. The van der Waals surface area contributed by atoms with Crippen molar-refractivity contribution >= 4 is 10.0 Å². The minimum Gasteiger partial charge on any atom is -0.484 e. The number of halogens is 3. The zero-order valence-corrected chi connectivity index (χ0v) is 18.2. The molecule has 1 aliphatic rings. The third-order valence-corrected chi connectivity index (χ3v) is 7.40. The second-order valence-electron chi connectivity index (χ2n) is 7.75. The first-order chi connectivity index (χ1) is 15.1. The zero-order valence-electron chi connectivity index (χ0n) is 17.3. The van der Waals surface area contributed by atoms with E-state index >= 15 is 0 Å². The van der Waals surface area contributed by atoms with Gasteiger partial charge in [-0.2, -0.15) is 17.5 Å². The van der Waals surface area contributed by atoms with Gasteiger partial charge in [-0.15, -0.1) is 0 Å². The largest absolute Gasteiger partial charge is 0.484 e. The number of ether oxygens (including phenoxy) is 1. The van der Waals surface area contributed by atoms with Crippen LogP contribution < -0.4 is 4.74 Å². The van der Waals surface area contributed by atoms with Crippen LogP contribution in [0.1, 0.15) is 28.4 Å². The summed E-state index contributed by atoms with van der Waals surface area (Å²) in [5.74, 6) is 0.243. The lowest BCUT2D eigenvalue weighted by atomic mass is 10.0. The van der Waals surface area contributed by atoms with Gasteiger partial charge >= 0.3 is 6.18 Å². The zero-order chi connectivity index (χ0) is 22.9. The van der Waals surface area contributed by atoms with Gasteiger partial charge in [-0.25, -0.2) is 8.42 Å². The molecule has 3 aromatic carbocycles. The molecule has 168 valence electrons. The van der Waals surface area contributed by atoms with E-state index in [-0.39, 0.29) is 23.7 Å². The third-order valence-electron chi connectivity index (χ3n) is 5.52. The van der Waals surface area contributed by atoms with Crippen LogP contribution >= 0.6 is 0 Å². The van der Waals surface area contributed by atoms with Crippen molar-refractivity contribution in [2.45, 2.75) is 30.5 Å². The van der Waals surface area contributed by atoms with Gasteiger partial charge in [0.2, 0.25) is 10.0 Å². The van der Waals surface area contributed by atoms with Gasteiger partial charge in [0.15, 0.2) is 0 Å². The predicted molar refractivity (Wildman–Crippen MR) is 115 cm³/mol. The van der Waals surface area contributed by atoms with Gasteiger partial charge in [0.1, 0.15) is 11.9 Å². The van der Waals surface area contributed by atoms with Crippen LogP contribution in [-0.4, -0.2) is 25.8 Å². The van der Waals surface area contributed by atoms with E-state index in [1.165, 1.54) is 16.4 Å². The number of rotatable bonds is 4. The number of fused-ring (bicyclic) bond motifs is 1. The van der Waals surface area contributed by atoms with Crippen LogP contribution in [0.4, 0.5) is 13.2 Å². The molecule has 1 unspecified atom stereocenters. The summed E-state index contributed by atoms with van der Waals surface area (Å²) in [4.78, 5) is 0.197. The summed E-state index contributed by atoms with van der Waals surface area (Å²) >= 11 is 0. The molecule has 0 aromatic heterocycles. The first-order valence-electron chi connectivity index (χ1n) is 10.1. The first kappa shape index (κ1) is 22.4. The molecule has 0 radical (unpaired) electrons. The standard InChI is InChI=1S/C24H22F3NO3S/c1-17-6-12-21(13-7-17)32(29,30)28-15-14-18-4-2-3-5-22(18)23(16-28)31-20-10-8-19(9-11-20)24(25,26)27/h2-13,23H,14-16H2,1H3. The lowest BCUT2D eigenvalue weighted by molar-refractivity contribution is -0.137. The highest BCUT2D eigenvalue weighted by molar-refractivity contribution is 7.89. The van der Waals surface area contributed by atoms with Crippen LogP contribution in [-0.2, 0) is 22.6 Å². The van der Waals surface area contributed by atoms with Gasteiger partial charge in [-0.1, -0.05) is 42.0 Å². The Morgan fingerprint density at radius 2 is 1.59 bits per heavy atom. The van der Waals surface area contributed by atoms with E-state index in [1.807, 2.05) is 31.2 Å². The van der Waals surface area contributed by atoms with Crippen LogP contribution in [0.5, 0.6) is 5.75 Å². The van der Waals surface area contributed by atoms with E-state index < -0.39 is 27.9 Å². The Morgan fingerprint density at radius 1 is 0.938 bits per heavy atom. The van der Waals surface area contributed by atoms with Crippen molar-refractivity contribution in [2.24, 2.45) is 0 Å². The molecule has 0 bridgehead atoms. The summed E-state index contributed by atoms with van der Waals surface area (Å²) in [5.41, 5.74) is 1.96. The summed E-state index contributed by atoms with van der Waals surface area (Å²) in [6.45, 7) is 2.21. The fraction of sp³-hybridized carbons (Fsp3) is 0.250. The van der Waals surface area contributed by atoms with Crippen molar-refractivity contribution in [3.63, 3.8) is 0 Å². The van der Waals surface area contributed by atoms with Crippen molar-refractivity contribution in [1.82, 2.24) is 4.31 Å². The molecule has 0 saturated heterocycles. The minimum atomic E-state index is -4.44. The van der Waals surface area contributed by atoms with Gasteiger partial charge in [0.05, 0.1) is 17.0 Å². The van der Waals surface area contributed by atoms with E-state index in [4.69, 9.17) is 4.74 Å². The highest BCUT2D eigenvalue weighted by atomic mass is 32.2. The molecule has 32 heavy (non-hydrogen) atoms. The van der Waals surface area contributed by atoms with E-state index in [9.17, 15) is 21.6 Å². The number of hydrogen-bond acceptors (Lipinski definition) is 3. The van der Waals surface area contributed by atoms with Crippen molar-refractivity contribution < 1.29 is 26.3 Å².